The highest BCUT2D eigenvalue weighted by Gasteiger charge is 2.39. The number of hydrogen-bond donors (Lipinski definition) is 0. The van der Waals surface area contributed by atoms with Gasteiger partial charge in [-0.15, -0.1) is 0 Å². The van der Waals surface area contributed by atoms with Crippen LogP contribution in [0.1, 0.15) is 20.3 Å². The van der Waals surface area contributed by atoms with Crippen molar-refractivity contribution in [1.82, 2.24) is 0 Å². The Hall–Kier alpha value is 0.440. The SMILES string of the molecule is CC(Br)CC1(C)CO1. The van der Waals surface area contributed by atoms with Crippen molar-refractivity contribution in [3.05, 3.63) is 0 Å². The zero-order valence-electron chi connectivity index (χ0n) is 5.28. The van der Waals surface area contributed by atoms with Gasteiger partial charge < -0.3 is 4.74 Å². The summed E-state index contributed by atoms with van der Waals surface area (Å²) in [5, 5.41) is 0. The molecule has 1 nitrogen and oxygen atoms in total. The molecule has 0 bridgehead atoms. The minimum atomic E-state index is 0.225. The van der Waals surface area contributed by atoms with E-state index in [4.69, 9.17) is 4.74 Å². The first-order valence-corrected chi connectivity index (χ1v) is 3.82. The Morgan fingerprint density at radius 2 is 2.38 bits per heavy atom. The van der Waals surface area contributed by atoms with Gasteiger partial charge in [-0.05, 0) is 13.3 Å². The smallest absolute Gasteiger partial charge is 0.0899 e. The molecule has 2 heteroatoms. The van der Waals surface area contributed by atoms with Crippen LogP contribution in [-0.4, -0.2) is 17.0 Å². The fraction of sp³-hybridized carbons (Fsp3) is 1.00. The van der Waals surface area contributed by atoms with E-state index in [0.29, 0.717) is 4.83 Å². The lowest BCUT2D eigenvalue weighted by atomic mass is 10.1. The summed E-state index contributed by atoms with van der Waals surface area (Å²) in [4.78, 5) is 0.593. The van der Waals surface area contributed by atoms with Crippen LogP contribution >= 0.6 is 15.9 Å². The molecule has 0 radical (unpaired) electrons. The van der Waals surface area contributed by atoms with Gasteiger partial charge in [-0.25, -0.2) is 0 Å². The molecule has 0 aromatic rings. The Kier molecular flexibility index (Phi) is 1.63. The third-order valence-electron chi connectivity index (χ3n) is 1.35. The number of halogens is 1. The summed E-state index contributed by atoms with van der Waals surface area (Å²) in [5.41, 5.74) is 0.225. The van der Waals surface area contributed by atoms with E-state index in [2.05, 4.69) is 29.8 Å². The van der Waals surface area contributed by atoms with Gasteiger partial charge >= 0.3 is 0 Å². The van der Waals surface area contributed by atoms with Gasteiger partial charge in [-0.2, -0.15) is 0 Å². The van der Waals surface area contributed by atoms with Gasteiger partial charge in [-0.1, -0.05) is 22.9 Å². The molecule has 2 atom stereocenters. The molecule has 1 aliphatic rings. The van der Waals surface area contributed by atoms with E-state index in [1.54, 1.807) is 0 Å². The highest BCUT2D eigenvalue weighted by molar-refractivity contribution is 9.09. The van der Waals surface area contributed by atoms with E-state index >= 15 is 0 Å². The second kappa shape index (κ2) is 1.99. The Morgan fingerprint density at radius 3 is 2.50 bits per heavy atom. The third-order valence-corrected chi connectivity index (χ3v) is 1.67. The highest BCUT2D eigenvalue weighted by atomic mass is 79.9. The molecule has 1 heterocycles. The fourth-order valence-electron chi connectivity index (χ4n) is 0.836. The Bertz CT molecular complexity index is 86.5. The minimum absolute atomic E-state index is 0.225. The lowest BCUT2D eigenvalue weighted by molar-refractivity contribution is 0.310. The van der Waals surface area contributed by atoms with Gasteiger partial charge in [0.2, 0.25) is 0 Å². The van der Waals surface area contributed by atoms with Gasteiger partial charge in [0.15, 0.2) is 0 Å². The van der Waals surface area contributed by atoms with Crippen LogP contribution in [0.15, 0.2) is 0 Å². The molecule has 0 spiro atoms. The first-order chi connectivity index (χ1) is 3.62. The van der Waals surface area contributed by atoms with Crippen LogP contribution in [0.5, 0.6) is 0 Å². The topological polar surface area (TPSA) is 12.5 Å². The molecule has 2 unspecified atom stereocenters. The zero-order chi connectivity index (χ0) is 6.20. The predicted octanol–water partition coefficient (Wildman–Crippen LogP) is 1.95. The van der Waals surface area contributed by atoms with Crippen LogP contribution in [0.3, 0.4) is 0 Å². The van der Waals surface area contributed by atoms with Crippen LogP contribution in [0.4, 0.5) is 0 Å². The number of rotatable bonds is 2. The molecule has 48 valence electrons. The molecular formula is C6H11BrO. The third kappa shape index (κ3) is 1.75. The van der Waals surface area contributed by atoms with E-state index < -0.39 is 0 Å². The first-order valence-electron chi connectivity index (χ1n) is 2.90. The molecule has 0 aromatic heterocycles. The van der Waals surface area contributed by atoms with Crippen LogP contribution in [0.25, 0.3) is 0 Å². The van der Waals surface area contributed by atoms with E-state index in [1.807, 2.05) is 0 Å². The monoisotopic (exact) mass is 178 g/mol. The molecule has 0 saturated carbocycles. The summed E-state index contributed by atoms with van der Waals surface area (Å²) in [6.45, 7) is 5.24. The van der Waals surface area contributed by atoms with Crippen LogP contribution in [-0.2, 0) is 4.74 Å². The molecule has 8 heavy (non-hydrogen) atoms. The van der Waals surface area contributed by atoms with E-state index in [9.17, 15) is 0 Å². The molecule has 1 rings (SSSR count). The van der Waals surface area contributed by atoms with Gasteiger partial charge in [0.25, 0.3) is 0 Å². The highest BCUT2D eigenvalue weighted by Crippen LogP contribution is 2.32. The average molecular weight is 179 g/mol. The van der Waals surface area contributed by atoms with Crippen LogP contribution in [0.2, 0.25) is 0 Å². The predicted molar refractivity (Wildman–Crippen MR) is 37.4 cm³/mol. The van der Waals surface area contributed by atoms with Crippen molar-refractivity contribution >= 4 is 15.9 Å². The Labute approximate surface area is 58.5 Å². The molecule has 0 aromatic carbocycles. The summed E-state index contributed by atoms with van der Waals surface area (Å²) in [6.07, 6.45) is 1.13. The number of epoxide rings is 1. The standard InChI is InChI=1S/C6H11BrO/c1-5(7)3-6(2)4-8-6/h5H,3-4H2,1-2H3. The Balaban J connectivity index is 2.19. The van der Waals surface area contributed by atoms with Gasteiger partial charge in [0.05, 0.1) is 12.2 Å². The molecule has 0 amide bonds. The average Bonchev–Trinajstić information content (AvgIpc) is 2.17. The quantitative estimate of drug-likeness (QED) is 0.466. The van der Waals surface area contributed by atoms with E-state index in [-0.39, 0.29) is 5.60 Å². The number of hydrogen-bond acceptors (Lipinski definition) is 1. The van der Waals surface area contributed by atoms with Crippen LogP contribution in [0, 0.1) is 0 Å². The molecule has 0 N–H and O–H groups in total. The van der Waals surface area contributed by atoms with E-state index in [1.165, 1.54) is 0 Å². The van der Waals surface area contributed by atoms with Gasteiger partial charge in [0, 0.05) is 4.83 Å². The van der Waals surface area contributed by atoms with Crippen molar-refractivity contribution in [2.75, 3.05) is 6.61 Å². The molecule has 1 aliphatic heterocycles. The molecule has 0 aliphatic carbocycles. The Morgan fingerprint density at radius 1 is 1.88 bits per heavy atom. The molecule has 1 saturated heterocycles. The number of alkyl halides is 1. The van der Waals surface area contributed by atoms with Gasteiger partial charge in [-0.3, -0.25) is 0 Å². The molecule has 1 fully saturated rings. The minimum Gasteiger partial charge on any atom is -0.370 e. The maximum Gasteiger partial charge on any atom is 0.0899 e. The van der Waals surface area contributed by atoms with Crippen LogP contribution < -0.4 is 0 Å². The zero-order valence-corrected chi connectivity index (χ0v) is 6.86. The second-order valence-electron chi connectivity index (χ2n) is 2.72. The van der Waals surface area contributed by atoms with Gasteiger partial charge in [0.1, 0.15) is 0 Å². The maximum absolute atomic E-state index is 5.18. The van der Waals surface area contributed by atoms with Crippen molar-refractivity contribution < 1.29 is 4.74 Å². The largest absolute Gasteiger partial charge is 0.370 e. The first kappa shape index (κ1) is 6.56. The van der Waals surface area contributed by atoms with Crippen molar-refractivity contribution in [3.63, 3.8) is 0 Å². The lowest BCUT2D eigenvalue weighted by Gasteiger charge is -2.04. The summed E-state index contributed by atoms with van der Waals surface area (Å²) >= 11 is 3.47. The summed E-state index contributed by atoms with van der Waals surface area (Å²) in [5.74, 6) is 0. The van der Waals surface area contributed by atoms with Crippen molar-refractivity contribution in [2.45, 2.75) is 30.7 Å². The molecular weight excluding hydrogens is 168 g/mol. The summed E-state index contributed by atoms with van der Waals surface area (Å²) < 4.78 is 5.18. The summed E-state index contributed by atoms with van der Waals surface area (Å²) in [7, 11) is 0. The normalized spacial score (nSPS) is 39.4. The maximum atomic E-state index is 5.18. The van der Waals surface area contributed by atoms with Crippen molar-refractivity contribution in [1.29, 1.82) is 0 Å². The lowest BCUT2D eigenvalue weighted by Crippen LogP contribution is -2.09. The van der Waals surface area contributed by atoms with Crippen molar-refractivity contribution in [3.8, 4) is 0 Å². The van der Waals surface area contributed by atoms with E-state index in [0.717, 1.165) is 13.0 Å². The fourth-order valence-corrected chi connectivity index (χ4v) is 1.52. The van der Waals surface area contributed by atoms with Crippen molar-refractivity contribution in [2.24, 2.45) is 0 Å². The summed E-state index contributed by atoms with van der Waals surface area (Å²) in [6, 6.07) is 0. The second-order valence-corrected chi connectivity index (χ2v) is 4.29. The number of ether oxygens (including phenoxy) is 1.